The molecule has 1 aromatic heterocycles. The van der Waals surface area contributed by atoms with Gasteiger partial charge in [-0.1, -0.05) is 36.4 Å². The van der Waals surface area contributed by atoms with E-state index < -0.39 is 0 Å². The molecule has 6 heteroatoms. The zero-order chi connectivity index (χ0) is 23.8. The Morgan fingerprint density at radius 1 is 1.15 bits per heavy atom. The molecule has 34 heavy (non-hydrogen) atoms. The lowest BCUT2D eigenvalue weighted by molar-refractivity contribution is -0.122. The third-order valence-electron chi connectivity index (χ3n) is 6.98. The van der Waals surface area contributed by atoms with E-state index in [-0.39, 0.29) is 23.7 Å². The Kier molecular flexibility index (Phi) is 8.69. The highest BCUT2D eigenvalue weighted by molar-refractivity contribution is 5.80. The number of amides is 1. The normalized spacial score (nSPS) is 18.7. The van der Waals surface area contributed by atoms with Gasteiger partial charge < -0.3 is 20.3 Å². The molecular weight excluding hydrogens is 424 g/mol. The fourth-order valence-corrected chi connectivity index (χ4v) is 5.19. The summed E-state index contributed by atoms with van der Waals surface area (Å²) in [6, 6.07) is 14.5. The molecule has 2 aromatic rings. The van der Waals surface area contributed by atoms with E-state index in [1.165, 1.54) is 17.7 Å². The summed E-state index contributed by atoms with van der Waals surface area (Å²) < 4.78 is 0. The molecular formula is C28H38N4O2. The maximum absolute atomic E-state index is 12.7. The molecule has 0 saturated carbocycles. The van der Waals surface area contributed by atoms with Gasteiger partial charge >= 0.3 is 0 Å². The monoisotopic (exact) mass is 462 g/mol. The second-order valence-electron chi connectivity index (χ2n) is 9.87. The van der Waals surface area contributed by atoms with Crippen LogP contribution in [0, 0.1) is 0 Å². The standard InChI is InChI=1S/C28H38N4O2/c1-21(33)18-24(22-8-3-2-4-9-22)19-27(34)30-26-14-17-32(20-26)16-6-5-11-25-13-12-23-10-7-15-29-28(23)31-25/h2-4,8-9,12-13,24,26H,5-7,10-11,14-20H2,1H3,(H,29,31)(H,30,34)/t24-,26+/m0/s1. The number of carbonyl (C=O) groups excluding carboxylic acids is 2. The number of likely N-dealkylation sites (tertiary alicyclic amines) is 1. The molecule has 2 aliphatic rings. The van der Waals surface area contributed by atoms with Crippen molar-refractivity contribution in [3.8, 4) is 0 Å². The van der Waals surface area contributed by atoms with Crippen LogP contribution in [-0.4, -0.2) is 53.8 Å². The van der Waals surface area contributed by atoms with Crippen molar-refractivity contribution >= 4 is 17.5 Å². The van der Waals surface area contributed by atoms with E-state index in [2.05, 4.69) is 27.7 Å². The number of hydrogen-bond donors (Lipinski definition) is 2. The molecule has 0 radical (unpaired) electrons. The van der Waals surface area contributed by atoms with Crippen LogP contribution in [0.2, 0.25) is 0 Å². The minimum atomic E-state index is -0.0522. The molecule has 2 N–H and O–H groups in total. The summed E-state index contributed by atoms with van der Waals surface area (Å²) in [6.45, 7) is 5.63. The van der Waals surface area contributed by atoms with E-state index in [1.54, 1.807) is 6.92 Å². The number of carbonyl (C=O) groups is 2. The number of nitrogens with one attached hydrogen (secondary N) is 2. The minimum absolute atomic E-state index is 0.0500. The molecule has 0 aliphatic carbocycles. The van der Waals surface area contributed by atoms with E-state index in [1.807, 2.05) is 30.3 Å². The summed E-state index contributed by atoms with van der Waals surface area (Å²) >= 11 is 0. The zero-order valence-corrected chi connectivity index (χ0v) is 20.4. The second kappa shape index (κ2) is 12.1. The fourth-order valence-electron chi connectivity index (χ4n) is 5.19. The Hall–Kier alpha value is -2.73. The molecule has 0 spiro atoms. The molecule has 1 aromatic carbocycles. The summed E-state index contributed by atoms with van der Waals surface area (Å²) in [5.41, 5.74) is 3.58. The first-order valence-electron chi connectivity index (χ1n) is 12.9. The SMILES string of the molecule is CC(=O)C[C@@H](CC(=O)N[C@@H]1CCN(CCCCc2ccc3c(n2)NCCC3)C1)c1ccccc1. The van der Waals surface area contributed by atoms with Crippen LogP contribution in [0.3, 0.4) is 0 Å². The summed E-state index contributed by atoms with van der Waals surface area (Å²) in [6.07, 6.45) is 7.37. The minimum Gasteiger partial charge on any atom is -0.370 e. The zero-order valence-electron chi connectivity index (χ0n) is 20.4. The van der Waals surface area contributed by atoms with Crippen molar-refractivity contribution in [3.63, 3.8) is 0 Å². The highest BCUT2D eigenvalue weighted by Gasteiger charge is 2.25. The van der Waals surface area contributed by atoms with Crippen molar-refractivity contribution in [2.24, 2.45) is 0 Å². The third-order valence-corrected chi connectivity index (χ3v) is 6.98. The molecule has 1 amide bonds. The second-order valence-corrected chi connectivity index (χ2v) is 9.87. The first kappa shape index (κ1) is 24.4. The number of aryl methyl sites for hydroxylation is 2. The van der Waals surface area contributed by atoms with Crippen LogP contribution >= 0.6 is 0 Å². The van der Waals surface area contributed by atoms with E-state index in [0.29, 0.717) is 12.8 Å². The van der Waals surface area contributed by atoms with Crippen LogP contribution in [0.5, 0.6) is 0 Å². The average Bonchev–Trinajstić information content (AvgIpc) is 3.28. The predicted octanol–water partition coefficient (Wildman–Crippen LogP) is 4.11. The van der Waals surface area contributed by atoms with Crippen LogP contribution in [0.4, 0.5) is 5.82 Å². The Morgan fingerprint density at radius 3 is 2.82 bits per heavy atom. The summed E-state index contributed by atoms with van der Waals surface area (Å²) in [4.78, 5) is 31.7. The van der Waals surface area contributed by atoms with Gasteiger partial charge in [0, 0.05) is 44.2 Å². The number of Topliss-reactive ketones (excluding diaryl/α,β-unsaturated/α-hetero) is 1. The third kappa shape index (κ3) is 7.13. The van der Waals surface area contributed by atoms with Crippen LogP contribution in [-0.2, 0) is 22.4 Å². The van der Waals surface area contributed by atoms with Crippen molar-refractivity contribution in [2.75, 3.05) is 31.5 Å². The van der Waals surface area contributed by atoms with Gasteiger partial charge in [-0.15, -0.1) is 0 Å². The first-order chi connectivity index (χ1) is 16.6. The number of ketones is 1. The topological polar surface area (TPSA) is 74.3 Å². The number of nitrogens with zero attached hydrogens (tertiary/aromatic N) is 2. The van der Waals surface area contributed by atoms with Gasteiger partial charge in [-0.25, -0.2) is 4.98 Å². The van der Waals surface area contributed by atoms with E-state index in [0.717, 1.165) is 69.7 Å². The average molecular weight is 463 g/mol. The largest absolute Gasteiger partial charge is 0.370 e. The van der Waals surface area contributed by atoms with Gasteiger partial charge in [0.25, 0.3) is 0 Å². The number of pyridine rings is 1. The Labute approximate surface area is 203 Å². The van der Waals surface area contributed by atoms with Crippen LogP contribution in [0.25, 0.3) is 0 Å². The van der Waals surface area contributed by atoms with Crippen molar-refractivity contribution in [1.29, 1.82) is 0 Å². The molecule has 2 atom stereocenters. The number of anilines is 1. The number of hydrogen-bond acceptors (Lipinski definition) is 5. The lowest BCUT2D eigenvalue weighted by atomic mass is 9.90. The van der Waals surface area contributed by atoms with Crippen molar-refractivity contribution < 1.29 is 9.59 Å². The van der Waals surface area contributed by atoms with Crippen LogP contribution in [0.1, 0.15) is 68.2 Å². The number of rotatable bonds is 11. The van der Waals surface area contributed by atoms with Gasteiger partial charge in [0.1, 0.15) is 11.6 Å². The Bertz CT molecular complexity index is 962. The summed E-state index contributed by atoms with van der Waals surface area (Å²) in [7, 11) is 0. The molecule has 4 rings (SSSR count). The summed E-state index contributed by atoms with van der Waals surface area (Å²) in [5.74, 6) is 1.20. The van der Waals surface area contributed by atoms with Gasteiger partial charge in [0.15, 0.2) is 0 Å². The Morgan fingerprint density at radius 2 is 2.00 bits per heavy atom. The molecule has 1 fully saturated rings. The predicted molar refractivity (Wildman–Crippen MR) is 136 cm³/mol. The highest BCUT2D eigenvalue weighted by Crippen LogP contribution is 2.24. The molecule has 6 nitrogen and oxygen atoms in total. The van der Waals surface area contributed by atoms with Crippen LogP contribution < -0.4 is 10.6 Å². The quantitative estimate of drug-likeness (QED) is 0.492. The molecule has 1 saturated heterocycles. The van der Waals surface area contributed by atoms with Gasteiger partial charge in [-0.05, 0) is 75.1 Å². The lowest BCUT2D eigenvalue weighted by Crippen LogP contribution is -2.38. The first-order valence-corrected chi connectivity index (χ1v) is 12.9. The van der Waals surface area contributed by atoms with Crippen molar-refractivity contribution in [1.82, 2.24) is 15.2 Å². The summed E-state index contributed by atoms with van der Waals surface area (Å²) in [5, 5.41) is 6.64. The van der Waals surface area contributed by atoms with Gasteiger partial charge in [-0.3, -0.25) is 4.79 Å². The smallest absolute Gasteiger partial charge is 0.220 e. The number of fused-ring (bicyclic) bond motifs is 1. The van der Waals surface area contributed by atoms with Crippen molar-refractivity contribution in [3.05, 3.63) is 59.3 Å². The Balaban J connectivity index is 1.16. The maximum Gasteiger partial charge on any atom is 0.220 e. The van der Waals surface area contributed by atoms with Gasteiger partial charge in [0.2, 0.25) is 5.91 Å². The molecule has 0 bridgehead atoms. The molecule has 3 heterocycles. The maximum atomic E-state index is 12.7. The molecule has 0 unspecified atom stereocenters. The fraction of sp³-hybridized carbons (Fsp3) is 0.536. The lowest BCUT2D eigenvalue weighted by Gasteiger charge is -2.19. The number of benzene rings is 1. The number of unbranched alkanes of at least 4 members (excludes halogenated alkanes) is 1. The van der Waals surface area contributed by atoms with Crippen LogP contribution in [0.15, 0.2) is 42.5 Å². The molecule has 182 valence electrons. The van der Waals surface area contributed by atoms with E-state index in [4.69, 9.17) is 4.98 Å². The van der Waals surface area contributed by atoms with Gasteiger partial charge in [0.05, 0.1) is 0 Å². The van der Waals surface area contributed by atoms with E-state index >= 15 is 0 Å². The van der Waals surface area contributed by atoms with Crippen molar-refractivity contribution in [2.45, 2.75) is 70.3 Å². The highest BCUT2D eigenvalue weighted by atomic mass is 16.1. The van der Waals surface area contributed by atoms with E-state index in [9.17, 15) is 9.59 Å². The molecule has 2 aliphatic heterocycles. The number of aromatic nitrogens is 1. The van der Waals surface area contributed by atoms with Gasteiger partial charge in [-0.2, -0.15) is 0 Å².